The Morgan fingerprint density at radius 2 is 1.76 bits per heavy atom. The molecule has 33 heavy (non-hydrogen) atoms. The summed E-state index contributed by atoms with van der Waals surface area (Å²) < 4.78 is 6.62. The second kappa shape index (κ2) is 10.2. The van der Waals surface area contributed by atoms with E-state index in [1.54, 1.807) is 6.07 Å². The summed E-state index contributed by atoms with van der Waals surface area (Å²) >= 11 is 12.9. The van der Waals surface area contributed by atoms with Crippen molar-refractivity contribution in [2.24, 2.45) is 0 Å². The van der Waals surface area contributed by atoms with Crippen LogP contribution in [-0.4, -0.2) is 52.3 Å². The Morgan fingerprint density at radius 1 is 1.06 bits per heavy atom. The molecule has 1 N–H and O–H groups in total. The molecule has 0 spiro atoms. The van der Waals surface area contributed by atoms with Gasteiger partial charge in [0.2, 0.25) is 0 Å². The fourth-order valence-corrected chi connectivity index (χ4v) is 5.81. The maximum absolute atomic E-state index is 12.6. The van der Waals surface area contributed by atoms with Crippen LogP contribution in [0.25, 0.3) is 0 Å². The minimum atomic E-state index is -0.842. The second-order valence-electron chi connectivity index (χ2n) is 9.22. The van der Waals surface area contributed by atoms with Gasteiger partial charge in [0.05, 0.1) is 5.02 Å². The molecule has 5 nitrogen and oxygen atoms in total. The third kappa shape index (κ3) is 4.74. The van der Waals surface area contributed by atoms with Crippen molar-refractivity contribution in [3.05, 3.63) is 63.6 Å². The van der Waals surface area contributed by atoms with E-state index in [1.165, 1.54) is 6.42 Å². The number of nitrogens with zero attached hydrogens (tertiary/aromatic N) is 2. The molecule has 0 amide bonds. The molecule has 2 aliphatic heterocycles. The summed E-state index contributed by atoms with van der Waals surface area (Å²) in [4.78, 5) is 17.2. The van der Waals surface area contributed by atoms with Crippen molar-refractivity contribution in [1.29, 1.82) is 0 Å². The molecule has 0 aromatic heterocycles. The van der Waals surface area contributed by atoms with Gasteiger partial charge in [0.15, 0.2) is 0 Å². The SMILES string of the molecule is Cc1c(Cl)ccc(OC2CCCN(C(C(=O)O)c3ccccc3)C2(C)N2CCCCC2)c1Cl. The van der Waals surface area contributed by atoms with Gasteiger partial charge in [0, 0.05) is 24.7 Å². The Labute approximate surface area is 206 Å². The predicted molar refractivity (Wildman–Crippen MR) is 132 cm³/mol. The first-order valence-corrected chi connectivity index (χ1v) is 12.5. The number of hydrogen-bond donors (Lipinski definition) is 1. The van der Waals surface area contributed by atoms with E-state index >= 15 is 0 Å². The van der Waals surface area contributed by atoms with Crippen LogP contribution < -0.4 is 4.74 Å². The van der Waals surface area contributed by atoms with Crippen molar-refractivity contribution in [3.63, 3.8) is 0 Å². The maximum Gasteiger partial charge on any atom is 0.325 e. The monoisotopic (exact) mass is 490 g/mol. The second-order valence-corrected chi connectivity index (χ2v) is 10.0. The highest BCUT2D eigenvalue weighted by atomic mass is 35.5. The first-order valence-electron chi connectivity index (χ1n) is 11.7. The number of carbonyl (C=O) groups is 1. The van der Waals surface area contributed by atoms with Gasteiger partial charge in [-0.05, 0) is 62.8 Å². The van der Waals surface area contributed by atoms with Crippen molar-refractivity contribution >= 4 is 29.2 Å². The molecule has 2 saturated heterocycles. The van der Waals surface area contributed by atoms with E-state index in [0.29, 0.717) is 22.3 Å². The standard InChI is InChI=1S/C26H32Cl2N2O3/c1-18-20(27)13-14-21(23(18)28)33-22-12-9-17-30(26(22,2)29-15-7-4-8-16-29)24(25(31)32)19-10-5-3-6-11-19/h3,5-6,10-11,13-14,22,24H,4,7-9,12,15-17H2,1-2H3,(H,31,32). The summed E-state index contributed by atoms with van der Waals surface area (Å²) in [5.74, 6) is -0.245. The van der Waals surface area contributed by atoms with Crippen LogP contribution in [-0.2, 0) is 4.79 Å². The fourth-order valence-electron chi connectivity index (χ4n) is 5.40. The first-order chi connectivity index (χ1) is 15.8. The zero-order chi connectivity index (χ0) is 23.6. The average molecular weight is 491 g/mol. The normalized spacial score (nSPS) is 25.5. The molecule has 178 valence electrons. The summed E-state index contributed by atoms with van der Waals surface area (Å²) in [5.41, 5.74) is 0.971. The van der Waals surface area contributed by atoms with Crippen LogP contribution >= 0.6 is 23.2 Å². The number of piperidine rings is 2. The zero-order valence-corrected chi connectivity index (χ0v) is 20.8. The predicted octanol–water partition coefficient (Wildman–Crippen LogP) is 6.17. The minimum absolute atomic E-state index is 0.243. The molecule has 4 rings (SSSR count). The van der Waals surface area contributed by atoms with Crippen molar-refractivity contribution in [2.75, 3.05) is 19.6 Å². The van der Waals surface area contributed by atoms with E-state index in [-0.39, 0.29) is 6.10 Å². The number of hydrogen-bond acceptors (Lipinski definition) is 4. The van der Waals surface area contributed by atoms with E-state index in [0.717, 1.165) is 49.9 Å². The van der Waals surface area contributed by atoms with Gasteiger partial charge in [-0.25, -0.2) is 0 Å². The number of likely N-dealkylation sites (tertiary alicyclic amines) is 2. The number of carboxylic acids is 1. The molecule has 2 aromatic carbocycles. The van der Waals surface area contributed by atoms with Crippen LogP contribution in [0.4, 0.5) is 0 Å². The highest BCUT2D eigenvalue weighted by Gasteiger charge is 2.52. The molecular formula is C26H32Cl2N2O3. The van der Waals surface area contributed by atoms with Crippen LogP contribution in [0.5, 0.6) is 5.75 Å². The molecule has 0 aliphatic carbocycles. The topological polar surface area (TPSA) is 53.0 Å². The number of halogens is 2. The average Bonchev–Trinajstić information content (AvgIpc) is 2.83. The molecule has 2 aliphatic rings. The Morgan fingerprint density at radius 3 is 2.42 bits per heavy atom. The molecule has 0 bridgehead atoms. The van der Waals surface area contributed by atoms with Gasteiger partial charge < -0.3 is 9.84 Å². The van der Waals surface area contributed by atoms with Crippen LogP contribution in [0.1, 0.15) is 56.2 Å². The smallest absolute Gasteiger partial charge is 0.325 e. The molecule has 7 heteroatoms. The highest BCUT2D eigenvalue weighted by Crippen LogP contribution is 2.43. The summed E-state index contributed by atoms with van der Waals surface area (Å²) in [7, 11) is 0. The van der Waals surface area contributed by atoms with Gasteiger partial charge >= 0.3 is 5.97 Å². The lowest BCUT2D eigenvalue weighted by molar-refractivity contribution is -0.177. The summed E-state index contributed by atoms with van der Waals surface area (Å²) in [6, 6.07) is 12.4. The zero-order valence-electron chi connectivity index (χ0n) is 19.3. The van der Waals surface area contributed by atoms with Crippen molar-refractivity contribution < 1.29 is 14.6 Å². The van der Waals surface area contributed by atoms with Crippen LogP contribution in [0, 0.1) is 6.92 Å². The van der Waals surface area contributed by atoms with E-state index in [2.05, 4.69) is 16.7 Å². The third-order valence-corrected chi connectivity index (χ3v) is 8.15. The largest absolute Gasteiger partial charge is 0.486 e. The number of rotatable bonds is 6. The number of carboxylic acid groups (broad SMARTS) is 1. The Bertz CT molecular complexity index is 981. The van der Waals surface area contributed by atoms with Gasteiger partial charge in [0.1, 0.15) is 23.6 Å². The quantitative estimate of drug-likeness (QED) is 0.524. The first kappa shape index (κ1) is 24.3. The molecule has 2 aromatic rings. The van der Waals surface area contributed by atoms with Crippen LogP contribution in [0.2, 0.25) is 10.0 Å². The lowest BCUT2D eigenvalue weighted by Crippen LogP contribution is -2.70. The Hall–Kier alpha value is -1.79. The summed E-state index contributed by atoms with van der Waals surface area (Å²) in [5, 5.41) is 11.5. The number of benzene rings is 2. The van der Waals surface area contributed by atoms with E-state index < -0.39 is 17.7 Å². The number of aliphatic carboxylic acids is 1. The molecule has 0 radical (unpaired) electrons. The highest BCUT2D eigenvalue weighted by molar-refractivity contribution is 6.36. The molecular weight excluding hydrogens is 459 g/mol. The Kier molecular flexibility index (Phi) is 7.54. The Balaban J connectivity index is 1.76. The van der Waals surface area contributed by atoms with Gasteiger partial charge in [-0.3, -0.25) is 14.6 Å². The minimum Gasteiger partial charge on any atom is -0.486 e. The van der Waals surface area contributed by atoms with Gasteiger partial charge in [0.25, 0.3) is 0 Å². The van der Waals surface area contributed by atoms with Gasteiger partial charge in [-0.1, -0.05) is 60.0 Å². The van der Waals surface area contributed by atoms with E-state index in [4.69, 9.17) is 27.9 Å². The van der Waals surface area contributed by atoms with E-state index in [9.17, 15) is 9.90 Å². The van der Waals surface area contributed by atoms with Gasteiger partial charge in [-0.15, -0.1) is 0 Å². The molecule has 3 unspecified atom stereocenters. The number of ether oxygens (including phenoxy) is 1. The molecule has 0 saturated carbocycles. The van der Waals surface area contributed by atoms with Crippen LogP contribution in [0.15, 0.2) is 42.5 Å². The third-order valence-electron chi connectivity index (χ3n) is 7.27. The summed E-state index contributed by atoms with van der Waals surface area (Å²) in [6.07, 6.45) is 4.81. The lowest BCUT2D eigenvalue weighted by atomic mass is 9.86. The van der Waals surface area contributed by atoms with Crippen LogP contribution in [0.3, 0.4) is 0 Å². The maximum atomic E-state index is 12.6. The molecule has 2 heterocycles. The summed E-state index contributed by atoms with van der Waals surface area (Å²) in [6.45, 7) is 6.55. The fraction of sp³-hybridized carbons (Fsp3) is 0.500. The van der Waals surface area contributed by atoms with Gasteiger partial charge in [-0.2, -0.15) is 0 Å². The van der Waals surface area contributed by atoms with Crippen molar-refractivity contribution in [3.8, 4) is 5.75 Å². The molecule has 2 fully saturated rings. The molecule has 3 atom stereocenters. The van der Waals surface area contributed by atoms with Crippen molar-refractivity contribution in [2.45, 2.75) is 63.8 Å². The van der Waals surface area contributed by atoms with Crippen molar-refractivity contribution in [1.82, 2.24) is 9.80 Å². The lowest BCUT2D eigenvalue weighted by Gasteiger charge is -2.57. The van der Waals surface area contributed by atoms with E-state index in [1.807, 2.05) is 43.3 Å².